The van der Waals surface area contributed by atoms with Gasteiger partial charge in [-0.05, 0) is 31.2 Å². The summed E-state index contributed by atoms with van der Waals surface area (Å²) < 4.78 is 0. The fourth-order valence-corrected chi connectivity index (χ4v) is 4.01. The summed E-state index contributed by atoms with van der Waals surface area (Å²) in [6, 6.07) is 0. The van der Waals surface area contributed by atoms with E-state index in [-0.39, 0.29) is 5.91 Å². The van der Waals surface area contributed by atoms with Crippen LogP contribution >= 0.6 is 0 Å². The third kappa shape index (κ3) is 2.90. The number of hydrogen-bond acceptors (Lipinski definition) is 6. The molecule has 8 heteroatoms. The highest BCUT2D eigenvalue weighted by atomic mass is 16.2. The summed E-state index contributed by atoms with van der Waals surface area (Å²) in [5.74, 6) is 0.932. The van der Waals surface area contributed by atoms with Gasteiger partial charge in [-0.3, -0.25) is 9.89 Å². The van der Waals surface area contributed by atoms with Crippen molar-refractivity contribution < 1.29 is 4.79 Å². The molecule has 3 aromatic rings. The summed E-state index contributed by atoms with van der Waals surface area (Å²) in [5.41, 5.74) is 5.28. The maximum atomic E-state index is 11.6. The van der Waals surface area contributed by atoms with E-state index in [1.54, 1.807) is 0 Å². The summed E-state index contributed by atoms with van der Waals surface area (Å²) in [4.78, 5) is 27.3. The van der Waals surface area contributed by atoms with Crippen molar-refractivity contribution in [2.24, 2.45) is 0 Å². The number of carbonyl (C=O) groups is 1. The van der Waals surface area contributed by atoms with Gasteiger partial charge >= 0.3 is 0 Å². The monoisotopic (exact) mass is 363 g/mol. The number of aryl methyl sites for hydroxylation is 2. The number of pyridine rings is 1. The number of fused-ring (bicyclic) bond motifs is 5. The maximum absolute atomic E-state index is 11.6. The quantitative estimate of drug-likeness (QED) is 0.672. The van der Waals surface area contributed by atoms with Crippen molar-refractivity contribution in [1.82, 2.24) is 30.0 Å². The largest absolute Gasteiger partial charge is 0.354 e. The third-order valence-corrected chi connectivity index (χ3v) is 5.39. The van der Waals surface area contributed by atoms with E-state index in [0.717, 1.165) is 73.2 Å². The van der Waals surface area contributed by atoms with Crippen molar-refractivity contribution in [2.75, 3.05) is 25.0 Å². The Morgan fingerprint density at radius 2 is 2.11 bits per heavy atom. The molecule has 1 aliphatic carbocycles. The number of nitrogens with zero attached hydrogens (tertiary/aromatic N) is 5. The molecule has 0 atom stereocenters. The lowest BCUT2D eigenvalue weighted by molar-refractivity contribution is -0.127. The normalized spacial score (nSPS) is 15.9. The predicted molar refractivity (Wildman–Crippen MR) is 101 cm³/mol. The van der Waals surface area contributed by atoms with E-state index in [2.05, 4.69) is 25.5 Å². The van der Waals surface area contributed by atoms with Crippen LogP contribution in [0.1, 0.15) is 30.5 Å². The van der Waals surface area contributed by atoms with Crippen molar-refractivity contribution in [3.05, 3.63) is 29.8 Å². The van der Waals surface area contributed by atoms with E-state index in [0.29, 0.717) is 12.4 Å². The van der Waals surface area contributed by atoms with Gasteiger partial charge in [-0.1, -0.05) is 0 Å². The number of carbonyl (C=O) groups excluding carboxylic acids is 1. The molecular weight excluding hydrogens is 342 g/mol. The van der Waals surface area contributed by atoms with Gasteiger partial charge < -0.3 is 10.2 Å². The first-order valence-corrected chi connectivity index (χ1v) is 9.48. The van der Waals surface area contributed by atoms with E-state index in [4.69, 9.17) is 4.98 Å². The van der Waals surface area contributed by atoms with Gasteiger partial charge in [-0.15, -0.1) is 0 Å². The van der Waals surface area contributed by atoms with E-state index >= 15 is 0 Å². The van der Waals surface area contributed by atoms with Crippen LogP contribution in [0.4, 0.5) is 5.95 Å². The second-order valence-corrected chi connectivity index (χ2v) is 7.11. The highest BCUT2D eigenvalue weighted by Gasteiger charge is 2.22. The van der Waals surface area contributed by atoms with E-state index < -0.39 is 0 Å². The Balaban J connectivity index is 1.31. The number of anilines is 1. The summed E-state index contributed by atoms with van der Waals surface area (Å²) in [5, 5.41) is 11.4. The fourth-order valence-electron chi connectivity index (χ4n) is 4.01. The molecule has 1 saturated heterocycles. The summed E-state index contributed by atoms with van der Waals surface area (Å²) >= 11 is 0. The van der Waals surface area contributed by atoms with Crippen LogP contribution in [0.15, 0.2) is 18.6 Å². The Morgan fingerprint density at radius 1 is 1.15 bits per heavy atom. The molecule has 2 N–H and O–H groups in total. The smallest absolute Gasteiger partial charge is 0.222 e. The molecule has 8 nitrogen and oxygen atoms in total. The molecule has 0 radical (unpaired) electrons. The zero-order valence-electron chi connectivity index (χ0n) is 15.0. The molecule has 0 unspecified atom stereocenters. The number of nitrogens with one attached hydrogen (secondary N) is 2. The molecule has 5 rings (SSSR count). The molecule has 138 valence electrons. The van der Waals surface area contributed by atoms with Crippen LogP contribution in [-0.4, -0.2) is 55.6 Å². The highest BCUT2D eigenvalue weighted by molar-refractivity contribution is 5.95. The molecule has 0 aromatic carbocycles. The van der Waals surface area contributed by atoms with Crippen LogP contribution in [-0.2, 0) is 17.6 Å². The number of H-pyrrole nitrogens is 1. The first-order chi connectivity index (χ1) is 13.3. The van der Waals surface area contributed by atoms with Crippen molar-refractivity contribution in [1.29, 1.82) is 0 Å². The van der Waals surface area contributed by atoms with Crippen LogP contribution in [0.5, 0.6) is 0 Å². The van der Waals surface area contributed by atoms with Gasteiger partial charge in [0.25, 0.3) is 0 Å². The van der Waals surface area contributed by atoms with Gasteiger partial charge in [0.05, 0.1) is 11.9 Å². The lowest BCUT2D eigenvalue weighted by Gasteiger charge is -2.20. The lowest BCUT2D eigenvalue weighted by atomic mass is 9.89. The molecule has 0 saturated carbocycles. The zero-order valence-corrected chi connectivity index (χ0v) is 15.0. The minimum atomic E-state index is 0.277. The van der Waals surface area contributed by atoms with Gasteiger partial charge in [0.15, 0.2) is 5.65 Å². The molecule has 4 heterocycles. The van der Waals surface area contributed by atoms with Crippen molar-refractivity contribution in [3.8, 4) is 11.1 Å². The number of rotatable bonds is 5. The van der Waals surface area contributed by atoms with E-state index in [9.17, 15) is 4.79 Å². The van der Waals surface area contributed by atoms with Crippen LogP contribution < -0.4 is 5.32 Å². The second-order valence-electron chi connectivity index (χ2n) is 7.11. The predicted octanol–water partition coefficient (Wildman–Crippen LogP) is 1.94. The van der Waals surface area contributed by atoms with Gasteiger partial charge in [0.1, 0.15) is 0 Å². The molecule has 2 aliphatic rings. The molecule has 1 amide bonds. The molecule has 1 aliphatic heterocycles. The average molecular weight is 363 g/mol. The number of aromatic nitrogens is 5. The molecule has 3 aromatic heterocycles. The van der Waals surface area contributed by atoms with Crippen LogP contribution in [0.25, 0.3) is 22.2 Å². The number of hydrogen-bond donors (Lipinski definition) is 2. The first kappa shape index (κ1) is 16.2. The minimum Gasteiger partial charge on any atom is -0.354 e. The SMILES string of the molecule is O=C1CCCN1CCCNc1ncc2c(n1)CCc1cnc3[nH]ncc3c1-2. The summed E-state index contributed by atoms with van der Waals surface area (Å²) in [6.07, 6.45) is 10.0. The van der Waals surface area contributed by atoms with Crippen LogP contribution in [0, 0.1) is 0 Å². The minimum absolute atomic E-state index is 0.277. The third-order valence-electron chi connectivity index (χ3n) is 5.39. The average Bonchev–Trinajstić information content (AvgIpc) is 3.33. The molecular formula is C19H21N7O. The van der Waals surface area contributed by atoms with Crippen molar-refractivity contribution in [2.45, 2.75) is 32.1 Å². The van der Waals surface area contributed by atoms with Crippen LogP contribution in [0.2, 0.25) is 0 Å². The van der Waals surface area contributed by atoms with Gasteiger partial charge in [-0.2, -0.15) is 5.10 Å². The maximum Gasteiger partial charge on any atom is 0.222 e. The summed E-state index contributed by atoms with van der Waals surface area (Å²) in [7, 11) is 0. The Hall–Kier alpha value is -3.03. The molecule has 1 fully saturated rings. The van der Waals surface area contributed by atoms with E-state index in [1.807, 2.05) is 23.5 Å². The first-order valence-electron chi connectivity index (χ1n) is 9.48. The Morgan fingerprint density at radius 3 is 3.00 bits per heavy atom. The van der Waals surface area contributed by atoms with E-state index in [1.165, 1.54) is 5.56 Å². The second kappa shape index (κ2) is 6.61. The standard InChI is InChI=1S/C19H21N7O/c27-16-3-1-7-26(16)8-2-6-20-19-22-10-13-15(24-19)5-4-12-9-21-18-14(17(12)13)11-23-25-18/h9-11H,1-8H2,(H,20,22,24)(H,21,23,25). The van der Waals surface area contributed by atoms with Crippen molar-refractivity contribution in [3.63, 3.8) is 0 Å². The highest BCUT2D eigenvalue weighted by Crippen LogP contribution is 2.36. The molecule has 27 heavy (non-hydrogen) atoms. The van der Waals surface area contributed by atoms with Gasteiger partial charge in [0, 0.05) is 55.0 Å². The number of amides is 1. The van der Waals surface area contributed by atoms with Crippen LogP contribution in [0.3, 0.4) is 0 Å². The fraction of sp³-hybridized carbons (Fsp3) is 0.421. The zero-order chi connectivity index (χ0) is 18.2. The Bertz CT molecular complexity index is 1010. The van der Waals surface area contributed by atoms with Gasteiger partial charge in [-0.25, -0.2) is 15.0 Å². The Labute approximate surface area is 156 Å². The van der Waals surface area contributed by atoms with Crippen molar-refractivity contribution >= 4 is 22.9 Å². The topological polar surface area (TPSA) is 99.7 Å². The van der Waals surface area contributed by atoms with Gasteiger partial charge in [0.2, 0.25) is 11.9 Å². The Kier molecular flexibility index (Phi) is 3.95. The number of aromatic amines is 1. The molecule has 0 spiro atoms. The molecule has 0 bridgehead atoms. The summed E-state index contributed by atoms with van der Waals surface area (Å²) in [6.45, 7) is 2.45. The lowest BCUT2D eigenvalue weighted by Crippen LogP contribution is -2.27. The number of likely N-dealkylation sites (tertiary alicyclic amines) is 1.